The van der Waals surface area contributed by atoms with Gasteiger partial charge in [0, 0.05) is 42.3 Å². The number of aromatic nitrogens is 2. The van der Waals surface area contributed by atoms with Gasteiger partial charge in [-0.05, 0) is 30.3 Å². The molecular formula is C20H19FN6O3. The number of nitro benzene ring substituents is 1. The predicted molar refractivity (Wildman–Crippen MR) is 111 cm³/mol. The second kappa shape index (κ2) is 8.70. The molecule has 30 heavy (non-hydrogen) atoms. The van der Waals surface area contributed by atoms with Gasteiger partial charge in [-0.1, -0.05) is 6.07 Å². The molecule has 1 saturated heterocycles. The summed E-state index contributed by atoms with van der Waals surface area (Å²) in [5, 5.41) is 16.7. The molecule has 3 aromatic rings. The first-order chi connectivity index (χ1) is 14.6. The van der Waals surface area contributed by atoms with Crippen LogP contribution in [0.15, 0.2) is 54.7 Å². The number of hydrogen-bond acceptors (Lipinski definition) is 8. The molecule has 0 aliphatic carbocycles. The lowest BCUT2D eigenvalue weighted by Gasteiger charge is -2.28. The molecule has 0 atom stereocenters. The highest BCUT2D eigenvalue weighted by Gasteiger charge is 2.12. The Morgan fingerprint density at radius 2 is 1.83 bits per heavy atom. The molecule has 0 radical (unpaired) electrons. The van der Waals surface area contributed by atoms with Crippen LogP contribution in [0.4, 0.5) is 38.9 Å². The Morgan fingerprint density at radius 3 is 2.57 bits per heavy atom. The quantitative estimate of drug-likeness (QED) is 0.466. The van der Waals surface area contributed by atoms with Crippen molar-refractivity contribution in [3.63, 3.8) is 0 Å². The molecule has 2 heterocycles. The molecular weight excluding hydrogens is 391 g/mol. The summed E-state index contributed by atoms with van der Waals surface area (Å²) in [6.07, 6.45) is 1.04. The third-order valence-electron chi connectivity index (χ3n) is 4.56. The van der Waals surface area contributed by atoms with Crippen molar-refractivity contribution in [1.29, 1.82) is 0 Å². The second-order valence-electron chi connectivity index (χ2n) is 6.59. The predicted octanol–water partition coefficient (Wildman–Crippen LogP) is 3.85. The van der Waals surface area contributed by atoms with E-state index in [0.717, 1.165) is 30.7 Å². The van der Waals surface area contributed by atoms with Gasteiger partial charge in [-0.3, -0.25) is 10.1 Å². The lowest BCUT2D eigenvalue weighted by Crippen LogP contribution is -2.36. The summed E-state index contributed by atoms with van der Waals surface area (Å²) in [6, 6.07) is 13.5. The van der Waals surface area contributed by atoms with Gasteiger partial charge in [0.1, 0.15) is 0 Å². The molecule has 0 bridgehead atoms. The maximum atomic E-state index is 14.1. The van der Waals surface area contributed by atoms with Crippen molar-refractivity contribution in [1.82, 2.24) is 9.97 Å². The van der Waals surface area contributed by atoms with E-state index in [2.05, 4.69) is 25.5 Å². The second-order valence-corrected chi connectivity index (χ2v) is 6.59. The van der Waals surface area contributed by atoms with Crippen LogP contribution in [0.3, 0.4) is 0 Å². The summed E-state index contributed by atoms with van der Waals surface area (Å²) in [4.78, 5) is 20.7. The topological polar surface area (TPSA) is 105 Å². The Hall–Kier alpha value is -3.79. The number of hydrogen-bond donors (Lipinski definition) is 2. The van der Waals surface area contributed by atoms with Crippen LogP contribution in [0.5, 0.6) is 0 Å². The van der Waals surface area contributed by atoms with Crippen molar-refractivity contribution in [3.8, 4) is 0 Å². The van der Waals surface area contributed by atoms with E-state index in [4.69, 9.17) is 4.74 Å². The van der Waals surface area contributed by atoms with Crippen LogP contribution >= 0.6 is 0 Å². The van der Waals surface area contributed by atoms with Crippen molar-refractivity contribution in [2.45, 2.75) is 0 Å². The molecule has 4 rings (SSSR count). The zero-order valence-corrected chi connectivity index (χ0v) is 15.9. The van der Waals surface area contributed by atoms with Crippen LogP contribution in [0.1, 0.15) is 0 Å². The zero-order valence-electron chi connectivity index (χ0n) is 15.9. The molecule has 9 nitrogen and oxygen atoms in total. The van der Waals surface area contributed by atoms with E-state index in [0.29, 0.717) is 18.9 Å². The maximum Gasteiger partial charge on any atom is 0.271 e. The lowest BCUT2D eigenvalue weighted by molar-refractivity contribution is -0.384. The van der Waals surface area contributed by atoms with E-state index < -0.39 is 10.7 Å². The van der Waals surface area contributed by atoms with E-state index in [1.165, 1.54) is 18.2 Å². The van der Waals surface area contributed by atoms with Crippen molar-refractivity contribution >= 4 is 34.5 Å². The molecule has 1 aromatic heterocycles. The van der Waals surface area contributed by atoms with Gasteiger partial charge in [0.2, 0.25) is 5.95 Å². The van der Waals surface area contributed by atoms with Crippen LogP contribution in [-0.4, -0.2) is 41.2 Å². The van der Waals surface area contributed by atoms with Gasteiger partial charge in [0.05, 0.1) is 24.3 Å². The molecule has 1 fully saturated rings. The number of rotatable bonds is 6. The van der Waals surface area contributed by atoms with Crippen molar-refractivity contribution < 1.29 is 14.1 Å². The largest absolute Gasteiger partial charge is 0.378 e. The maximum absolute atomic E-state index is 14.1. The molecule has 0 spiro atoms. The van der Waals surface area contributed by atoms with Crippen molar-refractivity contribution in [3.05, 3.63) is 70.7 Å². The number of benzene rings is 2. The Kier molecular flexibility index (Phi) is 5.66. The summed E-state index contributed by atoms with van der Waals surface area (Å²) >= 11 is 0. The lowest BCUT2D eigenvalue weighted by atomic mass is 10.2. The minimum atomic E-state index is -0.672. The number of non-ortho nitro benzene ring substituents is 1. The Balaban J connectivity index is 1.47. The van der Waals surface area contributed by atoms with E-state index in [-0.39, 0.29) is 17.5 Å². The summed E-state index contributed by atoms with van der Waals surface area (Å²) in [5.41, 5.74) is 2.09. The van der Waals surface area contributed by atoms with Crippen LogP contribution in [0.25, 0.3) is 0 Å². The van der Waals surface area contributed by atoms with Crippen LogP contribution in [-0.2, 0) is 4.74 Å². The molecule has 154 valence electrons. The highest BCUT2D eigenvalue weighted by molar-refractivity contribution is 5.63. The fraction of sp³-hybridized carbons (Fsp3) is 0.200. The Morgan fingerprint density at radius 1 is 1.07 bits per heavy atom. The number of nitro groups is 1. The third kappa shape index (κ3) is 4.61. The standard InChI is InChI=1S/C20H19FN6O3/c21-18-13-22-20(25-19(18)23-15-2-1-3-17(12-15)27(28)29)24-14-4-6-16(7-5-14)26-8-10-30-11-9-26/h1-7,12-13H,8-11H2,(H2,22,23,24,25). The molecule has 1 aliphatic rings. The number of ether oxygens (including phenoxy) is 1. The molecule has 0 amide bonds. The SMILES string of the molecule is O=[N+]([O-])c1cccc(Nc2nc(Nc3ccc(N4CCOCC4)cc3)ncc2F)c1. The molecule has 1 aliphatic heterocycles. The van der Waals surface area contributed by atoms with Gasteiger partial charge in [0.15, 0.2) is 11.6 Å². The van der Waals surface area contributed by atoms with Crippen molar-refractivity contribution in [2.24, 2.45) is 0 Å². The zero-order chi connectivity index (χ0) is 20.9. The van der Waals surface area contributed by atoms with E-state index >= 15 is 0 Å². The molecule has 0 unspecified atom stereocenters. The number of nitrogens with zero attached hydrogens (tertiary/aromatic N) is 4. The summed E-state index contributed by atoms with van der Waals surface area (Å²) in [5.74, 6) is -0.559. The average Bonchev–Trinajstić information content (AvgIpc) is 2.77. The molecule has 2 aromatic carbocycles. The van der Waals surface area contributed by atoms with E-state index in [1.807, 2.05) is 24.3 Å². The van der Waals surface area contributed by atoms with Crippen LogP contribution in [0.2, 0.25) is 0 Å². The Labute approximate surface area is 171 Å². The number of anilines is 5. The molecule has 0 saturated carbocycles. The van der Waals surface area contributed by atoms with Gasteiger partial charge in [-0.2, -0.15) is 4.98 Å². The molecule has 10 heteroatoms. The van der Waals surface area contributed by atoms with Gasteiger partial charge in [0.25, 0.3) is 5.69 Å². The number of nitrogens with one attached hydrogen (secondary N) is 2. The average molecular weight is 410 g/mol. The first kappa shape index (κ1) is 19.5. The van der Waals surface area contributed by atoms with Crippen LogP contribution in [0, 0.1) is 15.9 Å². The number of halogens is 1. The summed E-state index contributed by atoms with van der Waals surface area (Å²) in [6.45, 7) is 3.12. The van der Waals surface area contributed by atoms with Gasteiger partial charge >= 0.3 is 0 Å². The first-order valence-corrected chi connectivity index (χ1v) is 9.32. The van der Waals surface area contributed by atoms with E-state index in [1.54, 1.807) is 6.07 Å². The van der Waals surface area contributed by atoms with Crippen LogP contribution < -0.4 is 15.5 Å². The van der Waals surface area contributed by atoms with Crippen molar-refractivity contribution in [2.75, 3.05) is 41.8 Å². The summed E-state index contributed by atoms with van der Waals surface area (Å²) in [7, 11) is 0. The fourth-order valence-corrected chi connectivity index (χ4v) is 3.06. The highest BCUT2D eigenvalue weighted by atomic mass is 19.1. The minimum Gasteiger partial charge on any atom is -0.378 e. The number of morpholine rings is 1. The Bertz CT molecular complexity index is 1040. The minimum absolute atomic E-state index is 0.0852. The normalized spacial score (nSPS) is 13.7. The molecule has 2 N–H and O–H groups in total. The highest BCUT2D eigenvalue weighted by Crippen LogP contribution is 2.24. The van der Waals surface area contributed by atoms with Gasteiger partial charge in [-0.25, -0.2) is 9.37 Å². The van der Waals surface area contributed by atoms with Gasteiger partial charge < -0.3 is 20.3 Å². The van der Waals surface area contributed by atoms with Gasteiger partial charge in [-0.15, -0.1) is 0 Å². The monoisotopic (exact) mass is 410 g/mol. The smallest absolute Gasteiger partial charge is 0.271 e. The summed E-state index contributed by atoms with van der Waals surface area (Å²) < 4.78 is 19.5. The third-order valence-corrected chi connectivity index (χ3v) is 4.56. The first-order valence-electron chi connectivity index (χ1n) is 9.32. The van der Waals surface area contributed by atoms with E-state index in [9.17, 15) is 14.5 Å². The fourth-order valence-electron chi connectivity index (χ4n) is 3.06.